The second-order valence-electron chi connectivity index (χ2n) is 4.67. The van der Waals surface area contributed by atoms with Gasteiger partial charge in [0.25, 0.3) is 0 Å². The standard InChI is InChI=1S/C12H17N3O3/c1-9-2-5-13-12(11(9)15(17)18)14-6-3-10(8-14)4-7-16/h2,5,10,16H,3-4,6-8H2,1H3. The smallest absolute Gasteiger partial charge is 0.314 e. The van der Waals surface area contributed by atoms with Crippen molar-refractivity contribution in [3.63, 3.8) is 0 Å². The fourth-order valence-electron chi connectivity index (χ4n) is 2.44. The summed E-state index contributed by atoms with van der Waals surface area (Å²) in [5.41, 5.74) is 0.734. The lowest BCUT2D eigenvalue weighted by atomic mass is 10.1. The van der Waals surface area contributed by atoms with Gasteiger partial charge >= 0.3 is 5.69 Å². The first-order chi connectivity index (χ1) is 8.63. The first kappa shape index (κ1) is 12.8. The van der Waals surface area contributed by atoms with E-state index in [1.807, 2.05) is 4.90 Å². The minimum Gasteiger partial charge on any atom is -0.396 e. The Morgan fingerprint density at radius 2 is 2.44 bits per heavy atom. The van der Waals surface area contributed by atoms with Gasteiger partial charge in [0.05, 0.1) is 4.92 Å². The van der Waals surface area contributed by atoms with Crippen LogP contribution in [-0.2, 0) is 0 Å². The number of anilines is 1. The lowest BCUT2D eigenvalue weighted by molar-refractivity contribution is -0.384. The van der Waals surface area contributed by atoms with E-state index in [1.165, 1.54) is 0 Å². The molecule has 98 valence electrons. The fraction of sp³-hybridized carbons (Fsp3) is 0.583. The van der Waals surface area contributed by atoms with E-state index in [2.05, 4.69) is 4.98 Å². The Balaban J connectivity index is 2.24. The molecular formula is C12H17N3O3. The highest BCUT2D eigenvalue weighted by Crippen LogP contribution is 2.32. The molecule has 1 aromatic heterocycles. The number of nitrogens with zero attached hydrogens (tertiary/aromatic N) is 3. The number of aliphatic hydroxyl groups is 1. The number of aryl methyl sites for hydroxylation is 1. The molecule has 2 heterocycles. The molecule has 6 heteroatoms. The quantitative estimate of drug-likeness (QED) is 0.648. The third-order valence-corrected chi connectivity index (χ3v) is 3.41. The molecule has 0 amide bonds. The van der Waals surface area contributed by atoms with Gasteiger partial charge in [-0.25, -0.2) is 4.98 Å². The molecule has 1 aromatic rings. The highest BCUT2D eigenvalue weighted by molar-refractivity contribution is 5.61. The van der Waals surface area contributed by atoms with E-state index in [9.17, 15) is 10.1 Å². The van der Waals surface area contributed by atoms with E-state index in [1.54, 1.807) is 19.2 Å². The Kier molecular flexibility index (Phi) is 3.76. The van der Waals surface area contributed by atoms with Crippen molar-refractivity contribution in [1.82, 2.24) is 4.98 Å². The maximum Gasteiger partial charge on any atom is 0.314 e. The Morgan fingerprint density at radius 3 is 3.11 bits per heavy atom. The molecule has 1 aliphatic heterocycles. The molecule has 1 fully saturated rings. The van der Waals surface area contributed by atoms with Crippen LogP contribution in [0.5, 0.6) is 0 Å². The number of nitro groups is 1. The van der Waals surface area contributed by atoms with E-state index in [0.29, 0.717) is 17.3 Å². The predicted octanol–water partition coefficient (Wildman–Crippen LogP) is 1.51. The summed E-state index contributed by atoms with van der Waals surface area (Å²) in [6, 6.07) is 1.66. The van der Waals surface area contributed by atoms with E-state index in [0.717, 1.165) is 25.9 Å². The van der Waals surface area contributed by atoms with Gasteiger partial charge in [0, 0.05) is 31.5 Å². The molecule has 0 spiro atoms. The molecule has 0 aromatic carbocycles. The summed E-state index contributed by atoms with van der Waals surface area (Å²) in [4.78, 5) is 16.9. The molecule has 2 rings (SSSR count). The van der Waals surface area contributed by atoms with Crippen molar-refractivity contribution in [2.45, 2.75) is 19.8 Å². The lowest BCUT2D eigenvalue weighted by Gasteiger charge is -2.17. The Labute approximate surface area is 105 Å². The van der Waals surface area contributed by atoms with Crippen LogP contribution in [0, 0.1) is 23.0 Å². The zero-order chi connectivity index (χ0) is 13.1. The molecule has 1 unspecified atom stereocenters. The van der Waals surface area contributed by atoms with Crippen LogP contribution in [0.15, 0.2) is 12.3 Å². The van der Waals surface area contributed by atoms with Crippen molar-refractivity contribution in [2.75, 3.05) is 24.6 Å². The molecular weight excluding hydrogens is 234 g/mol. The zero-order valence-corrected chi connectivity index (χ0v) is 10.4. The van der Waals surface area contributed by atoms with Gasteiger partial charge in [-0.3, -0.25) is 10.1 Å². The second kappa shape index (κ2) is 5.30. The van der Waals surface area contributed by atoms with Gasteiger partial charge in [-0.1, -0.05) is 0 Å². The van der Waals surface area contributed by atoms with E-state index in [-0.39, 0.29) is 17.2 Å². The SMILES string of the molecule is Cc1ccnc(N2CCC(CCO)C2)c1[N+](=O)[O-]. The van der Waals surface area contributed by atoms with Crippen LogP contribution in [0.3, 0.4) is 0 Å². The largest absolute Gasteiger partial charge is 0.396 e. The number of aliphatic hydroxyl groups excluding tert-OH is 1. The fourth-order valence-corrected chi connectivity index (χ4v) is 2.44. The topological polar surface area (TPSA) is 79.5 Å². The van der Waals surface area contributed by atoms with Gasteiger partial charge in [-0.05, 0) is 31.7 Å². The molecule has 0 bridgehead atoms. The lowest BCUT2D eigenvalue weighted by Crippen LogP contribution is -2.22. The number of pyridine rings is 1. The molecule has 0 saturated carbocycles. The van der Waals surface area contributed by atoms with Gasteiger partial charge in [-0.15, -0.1) is 0 Å². The van der Waals surface area contributed by atoms with Gasteiger partial charge in [0.15, 0.2) is 0 Å². The highest BCUT2D eigenvalue weighted by atomic mass is 16.6. The summed E-state index contributed by atoms with van der Waals surface area (Å²) in [5.74, 6) is 0.859. The van der Waals surface area contributed by atoms with E-state index < -0.39 is 0 Å². The van der Waals surface area contributed by atoms with Crippen molar-refractivity contribution < 1.29 is 10.0 Å². The van der Waals surface area contributed by atoms with Crippen molar-refractivity contribution in [3.8, 4) is 0 Å². The molecule has 1 N–H and O–H groups in total. The maximum atomic E-state index is 11.1. The molecule has 1 aliphatic rings. The van der Waals surface area contributed by atoms with Crippen molar-refractivity contribution in [2.24, 2.45) is 5.92 Å². The third-order valence-electron chi connectivity index (χ3n) is 3.41. The number of hydrogen-bond donors (Lipinski definition) is 1. The van der Waals surface area contributed by atoms with E-state index >= 15 is 0 Å². The second-order valence-corrected chi connectivity index (χ2v) is 4.67. The maximum absolute atomic E-state index is 11.1. The van der Waals surface area contributed by atoms with Crippen LogP contribution in [0.4, 0.5) is 11.5 Å². The first-order valence-corrected chi connectivity index (χ1v) is 6.09. The minimum atomic E-state index is -0.364. The van der Waals surface area contributed by atoms with Gasteiger partial charge in [0.2, 0.25) is 5.82 Å². The third kappa shape index (κ3) is 2.43. The molecule has 6 nitrogen and oxygen atoms in total. The van der Waals surface area contributed by atoms with Crippen LogP contribution >= 0.6 is 0 Å². The normalized spacial score (nSPS) is 19.2. The van der Waals surface area contributed by atoms with Crippen LogP contribution in [0.2, 0.25) is 0 Å². The minimum absolute atomic E-state index is 0.0992. The molecule has 18 heavy (non-hydrogen) atoms. The monoisotopic (exact) mass is 251 g/mol. The summed E-state index contributed by atoms with van der Waals surface area (Å²) in [7, 11) is 0. The Hall–Kier alpha value is -1.69. The van der Waals surface area contributed by atoms with Crippen molar-refractivity contribution >= 4 is 11.5 Å². The summed E-state index contributed by atoms with van der Waals surface area (Å²) in [6.07, 6.45) is 3.31. The Bertz CT molecular complexity index is 450. The molecule has 1 atom stereocenters. The summed E-state index contributed by atoms with van der Waals surface area (Å²) in [5, 5.41) is 20.0. The number of rotatable bonds is 4. The highest BCUT2D eigenvalue weighted by Gasteiger charge is 2.29. The summed E-state index contributed by atoms with van der Waals surface area (Å²) < 4.78 is 0. The number of hydrogen-bond acceptors (Lipinski definition) is 5. The van der Waals surface area contributed by atoms with Crippen molar-refractivity contribution in [3.05, 3.63) is 27.9 Å². The Morgan fingerprint density at radius 1 is 1.67 bits per heavy atom. The van der Waals surface area contributed by atoms with Crippen LogP contribution < -0.4 is 4.90 Å². The summed E-state index contributed by atoms with van der Waals surface area (Å²) in [6.45, 7) is 3.40. The van der Waals surface area contributed by atoms with Gasteiger partial charge in [-0.2, -0.15) is 0 Å². The van der Waals surface area contributed by atoms with Crippen LogP contribution in [0.1, 0.15) is 18.4 Å². The van der Waals surface area contributed by atoms with Crippen LogP contribution in [-0.4, -0.2) is 34.7 Å². The molecule has 0 aliphatic carbocycles. The molecule has 1 saturated heterocycles. The van der Waals surface area contributed by atoms with Crippen molar-refractivity contribution in [1.29, 1.82) is 0 Å². The predicted molar refractivity (Wildman–Crippen MR) is 67.7 cm³/mol. The van der Waals surface area contributed by atoms with Gasteiger partial charge in [0.1, 0.15) is 0 Å². The van der Waals surface area contributed by atoms with Gasteiger partial charge < -0.3 is 10.0 Å². The van der Waals surface area contributed by atoms with E-state index in [4.69, 9.17) is 5.11 Å². The summed E-state index contributed by atoms with van der Waals surface area (Å²) >= 11 is 0. The van der Waals surface area contributed by atoms with Crippen LogP contribution in [0.25, 0.3) is 0 Å². The zero-order valence-electron chi connectivity index (χ0n) is 10.4. The average Bonchev–Trinajstić information content (AvgIpc) is 2.77. The molecule has 0 radical (unpaired) electrons. The first-order valence-electron chi connectivity index (χ1n) is 6.09. The number of aromatic nitrogens is 1. The average molecular weight is 251 g/mol.